The van der Waals surface area contributed by atoms with Crippen LogP contribution >= 0.6 is 0 Å². The predicted octanol–water partition coefficient (Wildman–Crippen LogP) is 0.547. The molecule has 1 saturated heterocycles. The number of nitrogens with two attached hydrogens (primary N) is 1. The number of carbonyl (C=O) groups is 1. The predicted molar refractivity (Wildman–Crippen MR) is 116 cm³/mol. The highest BCUT2D eigenvalue weighted by molar-refractivity contribution is 5.87. The number of carbonyl (C=O) groups excluding carboxylic acids is 1. The van der Waals surface area contributed by atoms with Gasteiger partial charge in [-0.05, 0) is 6.08 Å². The molecule has 34 heavy (non-hydrogen) atoms. The van der Waals surface area contributed by atoms with E-state index in [-0.39, 0.29) is 40.3 Å². The Morgan fingerprint density at radius 2 is 2.00 bits per heavy atom. The van der Waals surface area contributed by atoms with Gasteiger partial charge in [0.2, 0.25) is 18.1 Å². The fraction of sp³-hybridized carbons (Fsp3) is 0.273. The van der Waals surface area contributed by atoms with Crippen molar-refractivity contribution in [1.82, 2.24) is 19.6 Å². The first kappa shape index (κ1) is 22.8. The van der Waals surface area contributed by atoms with Crippen molar-refractivity contribution in [2.45, 2.75) is 12.5 Å². The summed E-state index contributed by atoms with van der Waals surface area (Å²) in [7, 11) is 2.47. The van der Waals surface area contributed by atoms with Gasteiger partial charge in [-0.15, -0.1) is 0 Å². The first-order valence-corrected chi connectivity index (χ1v) is 10.1. The molecule has 0 spiro atoms. The number of H-pyrrole nitrogens is 1. The number of aromatic amines is 1. The van der Waals surface area contributed by atoms with E-state index in [0.29, 0.717) is 19.5 Å². The third kappa shape index (κ3) is 3.71. The number of methoxy groups -OCH3 is 2. The molecule has 0 aliphatic carbocycles. The van der Waals surface area contributed by atoms with Crippen molar-refractivity contribution in [3.05, 3.63) is 58.2 Å². The average Bonchev–Trinajstić information content (AvgIpc) is 3.47. The van der Waals surface area contributed by atoms with Crippen LogP contribution in [-0.2, 0) is 4.79 Å². The Hall–Kier alpha value is -4.40. The summed E-state index contributed by atoms with van der Waals surface area (Å²) >= 11 is 0. The van der Waals surface area contributed by atoms with Crippen molar-refractivity contribution in [3.63, 3.8) is 0 Å². The van der Waals surface area contributed by atoms with Gasteiger partial charge in [0.25, 0.3) is 0 Å². The van der Waals surface area contributed by atoms with Crippen LogP contribution in [0.2, 0.25) is 0 Å². The molecule has 176 valence electrons. The van der Waals surface area contributed by atoms with E-state index < -0.39 is 22.9 Å². The van der Waals surface area contributed by atoms with E-state index in [4.69, 9.17) is 15.2 Å². The van der Waals surface area contributed by atoms with Crippen LogP contribution in [0.5, 0.6) is 11.5 Å². The average molecular weight is 471 g/mol. The molecule has 2 aromatic heterocycles. The molecule has 0 saturated carbocycles. The van der Waals surface area contributed by atoms with E-state index in [1.165, 1.54) is 31.0 Å². The summed E-state index contributed by atoms with van der Waals surface area (Å²) in [5.74, 6) is 2.42. The molecule has 0 radical (unpaired) electrons. The van der Waals surface area contributed by atoms with Crippen molar-refractivity contribution in [2.24, 2.45) is 0 Å². The first-order valence-electron chi connectivity index (χ1n) is 10.1. The van der Waals surface area contributed by atoms with Crippen LogP contribution in [0.15, 0.2) is 29.7 Å². The van der Waals surface area contributed by atoms with Crippen LogP contribution in [0.1, 0.15) is 23.6 Å². The van der Waals surface area contributed by atoms with Gasteiger partial charge in [0.05, 0.1) is 20.8 Å². The van der Waals surface area contributed by atoms with Gasteiger partial charge >= 0.3 is 5.69 Å². The van der Waals surface area contributed by atoms with E-state index in [1.54, 1.807) is 9.58 Å². The number of aromatic nitrogens is 4. The summed E-state index contributed by atoms with van der Waals surface area (Å²) < 4.78 is 42.2. The lowest BCUT2D eigenvalue weighted by Gasteiger charge is -2.11. The molecule has 0 bridgehead atoms. The second kappa shape index (κ2) is 8.86. The second-order valence-electron chi connectivity index (χ2n) is 7.46. The Balaban J connectivity index is 1.87. The second-order valence-corrected chi connectivity index (χ2v) is 7.46. The topological polar surface area (TPSA) is 119 Å². The smallest absolute Gasteiger partial charge is 0.396 e. The standard InChI is InChI=1S/C22H20F2N6O4/c1-4-17(31)28-8-7-13(11-28)29-10-12(20-21(25)26-27-22(32)30(20)29)5-6-14-18(23)15(33-2)9-16(34-3)19(14)24/h4,9-10,13H,1,7-8,11,25H2,2-3H3/p+1/t13-/m0/s1. The number of nitrogens with zero attached hydrogens (tertiary/aromatic N) is 4. The molecule has 1 aliphatic heterocycles. The Morgan fingerprint density at radius 3 is 2.62 bits per heavy atom. The highest BCUT2D eigenvalue weighted by Gasteiger charge is 2.36. The Kier molecular flexibility index (Phi) is 5.93. The van der Waals surface area contributed by atoms with Crippen LogP contribution in [0, 0.1) is 23.5 Å². The molecule has 1 fully saturated rings. The highest BCUT2D eigenvalue weighted by atomic mass is 19.1. The minimum Gasteiger partial charge on any atom is -0.493 e. The van der Waals surface area contributed by atoms with Gasteiger partial charge in [-0.2, -0.15) is 5.10 Å². The number of hydrogen-bond acceptors (Lipinski definition) is 6. The number of nitrogens with one attached hydrogen (secondary N) is 1. The molecular formula is C22H21F2N6O4+. The van der Waals surface area contributed by atoms with Crippen molar-refractivity contribution >= 4 is 17.2 Å². The fourth-order valence-electron chi connectivity index (χ4n) is 3.91. The molecule has 0 unspecified atom stereocenters. The summed E-state index contributed by atoms with van der Waals surface area (Å²) in [4.78, 5) is 26.2. The molecule has 12 heteroatoms. The highest BCUT2D eigenvalue weighted by Crippen LogP contribution is 2.31. The van der Waals surface area contributed by atoms with Gasteiger partial charge < -0.3 is 20.1 Å². The molecule has 1 aromatic carbocycles. The van der Waals surface area contributed by atoms with Crippen molar-refractivity contribution in [1.29, 1.82) is 0 Å². The number of benzene rings is 1. The normalized spacial score (nSPS) is 15.2. The molecule has 1 aliphatic rings. The van der Waals surface area contributed by atoms with E-state index in [0.717, 1.165) is 6.07 Å². The number of nitrogen functional groups attached to an aromatic ring is 1. The Bertz CT molecular complexity index is 1410. The van der Waals surface area contributed by atoms with E-state index in [9.17, 15) is 18.4 Å². The monoisotopic (exact) mass is 471 g/mol. The lowest BCUT2D eigenvalue weighted by Crippen LogP contribution is -2.50. The molecule has 3 heterocycles. The zero-order valence-corrected chi connectivity index (χ0v) is 18.4. The van der Waals surface area contributed by atoms with Crippen LogP contribution in [0.25, 0.3) is 5.52 Å². The first-order chi connectivity index (χ1) is 16.3. The van der Waals surface area contributed by atoms with Gasteiger partial charge in [0.1, 0.15) is 11.1 Å². The lowest BCUT2D eigenvalue weighted by atomic mass is 10.1. The zero-order valence-electron chi connectivity index (χ0n) is 18.4. The molecule has 3 N–H and O–H groups in total. The van der Waals surface area contributed by atoms with Gasteiger partial charge in [-0.3, -0.25) is 4.79 Å². The van der Waals surface area contributed by atoms with Crippen molar-refractivity contribution < 1.29 is 27.7 Å². The van der Waals surface area contributed by atoms with Gasteiger partial charge in [-0.25, -0.2) is 18.7 Å². The number of halogens is 2. The van der Waals surface area contributed by atoms with Gasteiger partial charge in [0.15, 0.2) is 34.5 Å². The van der Waals surface area contributed by atoms with Crippen LogP contribution in [-0.4, -0.2) is 52.8 Å². The Morgan fingerprint density at radius 1 is 1.32 bits per heavy atom. The molecule has 1 atom stereocenters. The van der Waals surface area contributed by atoms with E-state index in [1.807, 2.05) is 0 Å². The number of fused-ring (bicyclic) bond motifs is 1. The fourth-order valence-corrected chi connectivity index (χ4v) is 3.91. The third-order valence-electron chi connectivity index (χ3n) is 5.59. The molecule has 10 nitrogen and oxygen atoms in total. The number of likely N-dealkylation sites (tertiary alicyclic amines) is 1. The maximum absolute atomic E-state index is 14.7. The number of amides is 1. The van der Waals surface area contributed by atoms with Gasteiger partial charge in [0, 0.05) is 19.0 Å². The maximum atomic E-state index is 14.7. The van der Waals surface area contributed by atoms with Crippen molar-refractivity contribution in [3.8, 4) is 23.3 Å². The number of hydrogen-bond donors (Lipinski definition) is 2. The number of rotatable bonds is 4. The number of ether oxygens (including phenoxy) is 2. The largest absolute Gasteiger partial charge is 0.493 e. The quantitative estimate of drug-likeness (QED) is 0.326. The molecule has 4 rings (SSSR count). The Labute approximate surface area is 192 Å². The molecule has 3 aromatic rings. The van der Waals surface area contributed by atoms with Crippen LogP contribution in [0.4, 0.5) is 14.6 Å². The minimum atomic E-state index is -0.997. The SMILES string of the molecule is C=CC(=O)N1CC[C@H]([n+]2cc(C#Cc3c(F)c(OC)cc(OC)c3F)c3c(N)n[nH]c(=O)n32)C1. The summed E-state index contributed by atoms with van der Waals surface area (Å²) in [6.45, 7) is 4.29. The summed E-state index contributed by atoms with van der Waals surface area (Å²) in [6.07, 6.45) is 3.32. The molecule has 1 amide bonds. The van der Waals surface area contributed by atoms with Crippen LogP contribution < -0.4 is 25.6 Å². The number of anilines is 1. The van der Waals surface area contributed by atoms with Gasteiger partial charge in [-0.1, -0.05) is 27.6 Å². The summed E-state index contributed by atoms with van der Waals surface area (Å²) in [6, 6.07) is 0.801. The van der Waals surface area contributed by atoms with Crippen molar-refractivity contribution in [2.75, 3.05) is 33.0 Å². The minimum absolute atomic E-state index is 0.0381. The lowest BCUT2D eigenvalue weighted by molar-refractivity contribution is -0.781. The maximum Gasteiger partial charge on any atom is 0.396 e. The summed E-state index contributed by atoms with van der Waals surface area (Å²) in [5, 5.41) is 6.08. The molecular weight excluding hydrogens is 450 g/mol. The van der Waals surface area contributed by atoms with E-state index >= 15 is 0 Å². The third-order valence-corrected chi connectivity index (χ3v) is 5.59. The van der Waals surface area contributed by atoms with E-state index in [2.05, 4.69) is 28.6 Å². The summed E-state index contributed by atoms with van der Waals surface area (Å²) in [5.41, 5.74) is 5.23. The van der Waals surface area contributed by atoms with Crippen LogP contribution in [0.3, 0.4) is 0 Å². The zero-order chi connectivity index (χ0) is 24.6.